The van der Waals surface area contributed by atoms with Gasteiger partial charge in [0.15, 0.2) is 23.6 Å². The van der Waals surface area contributed by atoms with E-state index in [9.17, 15) is 14.4 Å². The number of nitrogens with one attached hydrogen (secondary N) is 1. The van der Waals surface area contributed by atoms with Crippen molar-refractivity contribution in [3.8, 4) is 22.9 Å². The van der Waals surface area contributed by atoms with Gasteiger partial charge in [0.05, 0.1) is 29.7 Å². The van der Waals surface area contributed by atoms with Crippen molar-refractivity contribution < 1.29 is 23.2 Å². The number of nitrogens with zero attached hydrogens (tertiary/aromatic N) is 8. The molecule has 14 nitrogen and oxygen atoms in total. The van der Waals surface area contributed by atoms with Gasteiger partial charge >= 0.3 is 0 Å². The second-order valence-electron chi connectivity index (χ2n) is 11.7. The first kappa shape index (κ1) is 33.1. The molecule has 3 fully saturated rings. The number of carbonyl (C=O) groups is 3. The Morgan fingerprint density at radius 2 is 1.25 bits per heavy atom. The van der Waals surface area contributed by atoms with Crippen LogP contribution >= 0.6 is 11.8 Å². The van der Waals surface area contributed by atoms with Gasteiger partial charge < -0.3 is 28.4 Å². The van der Waals surface area contributed by atoms with Gasteiger partial charge in [0, 0.05) is 45.3 Å². The highest BCUT2D eigenvalue weighted by Gasteiger charge is 2.25. The minimum Gasteiger partial charge on any atom is -0.455 e. The summed E-state index contributed by atoms with van der Waals surface area (Å²) in [4.78, 5) is 60.9. The molecule has 0 saturated carbocycles. The molecule has 0 aromatic carbocycles. The van der Waals surface area contributed by atoms with Crippen LogP contribution in [0.1, 0.15) is 29.2 Å². The summed E-state index contributed by atoms with van der Waals surface area (Å²) in [6, 6.07) is 6.91. The fourth-order valence-corrected chi connectivity index (χ4v) is 6.14. The summed E-state index contributed by atoms with van der Waals surface area (Å²) in [5.41, 5.74) is 1.28. The fourth-order valence-electron chi connectivity index (χ4n) is 5.48. The van der Waals surface area contributed by atoms with Crippen molar-refractivity contribution >= 4 is 46.9 Å². The van der Waals surface area contributed by atoms with Crippen molar-refractivity contribution in [2.24, 2.45) is 0 Å². The lowest BCUT2D eigenvalue weighted by molar-refractivity contribution is -0.115. The summed E-state index contributed by atoms with van der Waals surface area (Å²) in [6.45, 7) is 7.94. The molecule has 7 rings (SSSR count). The van der Waals surface area contributed by atoms with E-state index in [2.05, 4.69) is 54.0 Å². The fraction of sp³-hybridized carbons (Fsp3) is 0.364. The molecule has 7 heterocycles. The Balaban J connectivity index is 0.000000173. The van der Waals surface area contributed by atoms with Crippen molar-refractivity contribution in [3.05, 3.63) is 65.5 Å². The number of hydrogen-bond donors (Lipinski definition) is 1. The average Bonchev–Trinajstić information content (AvgIpc) is 3.76. The third-order valence-corrected chi connectivity index (χ3v) is 8.93. The molecule has 0 radical (unpaired) electrons. The maximum absolute atomic E-state index is 11.6. The third kappa shape index (κ3) is 8.34. The maximum Gasteiger partial charge on any atom is 0.290 e. The second kappa shape index (κ2) is 15.4. The Hall–Kier alpha value is -4.86. The van der Waals surface area contributed by atoms with E-state index in [1.165, 1.54) is 0 Å². The van der Waals surface area contributed by atoms with Crippen LogP contribution in [-0.4, -0.2) is 114 Å². The van der Waals surface area contributed by atoms with Crippen molar-refractivity contribution in [1.29, 1.82) is 0 Å². The molecule has 0 unspecified atom stereocenters. The molecular formula is C33H37N9O5S. The Morgan fingerprint density at radius 3 is 1.75 bits per heavy atom. The van der Waals surface area contributed by atoms with Gasteiger partial charge in [-0.25, -0.2) is 9.97 Å². The molecule has 250 valence electrons. The Morgan fingerprint density at radius 1 is 0.708 bits per heavy atom. The quantitative estimate of drug-likeness (QED) is 0.233. The van der Waals surface area contributed by atoms with Gasteiger partial charge in [-0.1, -0.05) is 0 Å². The number of rotatable bonds is 6. The topological polar surface area (TPSA) is 154 Å². The van der Waals surface area contributed by atoms with Crippen molar-refractivity contribution in [2.45, 2.75) is 12.8 Å². The van der Waals surface area contributed by atoms with Crippen LogP contribution < -0.4 is 15.1 Å². The number of imide groups is 1. The van der Waals surface area contributed by atoms with Crippen LogP contribution in [-0.2, 0) is 4.79 Å². The highest BCUT2D eigenvalue weighted by atomic mass is 32.2. The molecule has 0 atom stereocenters. The van der Waals surface area contributed by atoms with Gasteiger partial charge in [0.1, 0.15) is 28.8 Å². The molecule has 3 aliphatic heterocycles. The van der Waals surface area contributed by atoms with Crippen molar-refractivity contribution in [1.82, 2.24) is 35.1 Å². The lowest BCUT2D eigenvalue weighted by Crippen LogP contribution is -2.29. The zero-order valence-corrected chi connectivity index (χ0v) is 27.7. The van der Waals surface area contributed by atoms with Crippen molar-refractivity contribution in [3.63, 3.8) is 0 Å². The third-order valence-electron chi connectivity index (χ3n) is 8.12. The molecule has 4 aromatic rings. The molecule has 3 aliphatic rings. The smallest absolute Gasteiger partial charge is 0.290 e. The van der Waals surface area contributed by atoms with E-state index in [0.717, 1.165) is 88.6 Å². The van der Waals surface area contributed by atoms with E-state index in [4.69, 9.17) is 13.8 Å². The molecule has 15 heteroatoms. The van der Waals surface area contributed by atoms with E-state index in [-0.39, 0.29) is 5.24 Å². The van der Waals surface area contributed by atoms with E-state index >= 15 is 0 Å². The number of hydrogen-bond acceptors (Lipinski definition) is 14. The van der Waals surface area contributed by atoms with Crippen LogP contribution in [0.25, 0.3) is 29.0 Å². The summed E-state index contributed by atoms with van der Waals surface area (Å²) in [6.07, 6.45) is 11.3. The number of amides is 2. The molecule has 3 saturated heterocycles. The van der Waals surface area contributed by atoms with Crippen LogP contribution in [0.15, 0.2) is 62.8 Å². The lowest BCUT2D eigenvalue weighted by atomic mass is 10.3. The van der Waals surface area contributed by atoms with Gasteiger partial charge in [-0.2, -0.15) is 0 Å². The normalized spacial score (nSPS) is 18.7. The summed E-state index contributed by atoms with van der Waals surface area (Å²) < 4.78 is 11.2. The highest BCUT2D eigenvalue weighted by Crippen LogP contribution is 2.29. The zero-order chi connectivity index (χ0) is 33.5. The van der Waals surface area contributed by atoms with Gasteiger partial charge in [-0.15, -0.1) is 0 Å². The minimum absolute atomic E-state index is 0.300. The standard InChI is InChI=1S/C18H19N5O3S.C15H18N4O2/c1-22-5-2-6-23(8-7-22)16-11-19-10-13(20-16)14-4-3-12(26-14)9-15-17(24)21-18(25)27-15;1-18-5-2-6-19(8-7-18)15-10-16-9-13(17-15)14-4-3-12(11-20)21-14/h3-4,9-11H,2,5-8H2,1H3,(H,21,24,25);3-4,9-11H,2,5-8H2,1H3/b15-9-;. The number of thioether (sulfide) groups is 1. The predicted octanol–water partition coefficient (Wildman–Crippen LogP) is 3.89. The van der Waals surface area contributed by atoms with E-state index < -0.39 is 5.91 Å². The van der Waals surface area contributed by atoms with E-state index in [1.54, 1.807) is 55.1 Å². The molecule has 0 spiro atoms. The monoisotopic (exact) mass is 671 g/mol. The Labute approximate surface area is 282 Å². The molecule has 0 aliphatic carbocycles. The lowest BCUT2D eigenvalue weighted by Gasteiger charge is -2.21. The Bertz CT molecular complexity index is 1790. The van der Waals surface area contributed by atoms with Crippen LogP contribution in [0, 0.1) is 0 Å². The number of aldehydes is 1. The zero-order valence-electron chi connectivity index (χ0n) is 26.9. The SMILES string of the molecule is CN1CCCN(c2cncc(-c3ccc(/C=C4\SC(=O)NC4=O)o3)n2)CC1.CN1CCCN(c2cncc(-c3ccc(C=O)o3)n2)CC1. The van der Waals surface area contributed by atoms with Crippen LogP contribution in [0.2, 0.25) is 0 Å². The molecule has 2 amide bonds. The van der Waals surface area contributed by atoms with E-state index in [1.807, 2.05) is 0 Å². The molecule has 0 bridgehead atoms. The number of anilines is 2. The number of carbonyl (C=O) groups excluding carboxylic acids is 3. The largest absolute Gasteiger partial charge is 0.455 e. The summed E-state index contributed by atoms with van der Waals surface area (Å²) in [5.74, 6) is 3.20. The number of aromatic nitrogens is 4. The number of likely N-dealkylation sites (N-methyl/N-ethyl adjacent to an activating group) is 2. The van der Waals surface area contributed by atoms with Gasteiger partial charge in [-0.05, 0) is 76.1 Å². The number of furan rings is 2. The molecule has 4 aromatic heterocycles. The molecule has 1 N–H and O–H groups in total. The Kier molecular flexibility index (Phi) is 10.6. The first-order chi connectivity index (χ1) is 23.3. The first-order valence-electron chi connectivity index (χ1n) is 15.8. The van der Waals surface area contributed by atoms with Gasteiger partial charge in [-0.3, -0.25) is 29.7 Å². The first-order valence-corrected chi connectivity index (χ1v) is 16.6. The molecular weight excluding hydrogens is 634 g/mol. The minimum atomic E-state index is -0.407. The predicted molar refractivity (Wildman–Crippen MR) is 183 cm³/mol. The van der Waals surface area contributed by atoms with E-state index in [0.29, 0.717) is 45.6 Å². The maximum atomic E-state index is 11.6. The summed E-state index contributed by atoms with van der Waals surface area (Å²) >= 11 is 0.860. The second-order valence-corrected chi connectivity index (χ2v) is 12.7. The van der Waals surface area contributed by atoms with Gasteiger partial charge in [0.2, 0.25) is 0 Å². The summed E-state index contributed by atoms with van der Waals surface area (Å²) in [7, 11) is 4.26. The van der Waals surface area contributed by atoms with Crippen molar-refractivity contribution in [2.75, 3.05) is 76.3 Å². The summed E-state index contributed by atoms with van der Waals surface area (Å²) in [5, 5.41) is 1.85. The average molecular weight is 672 g/mol. The van der Waals surface area contributed by atoms with Crippen LogP contribution in [0.5, 0.6) is 0 Å². The van der Waals surface area contributed by atoms with Crippen LogP contribution in [0.4, 0.5) is 16.4 Å². The highest BCUT2D eigenvalue weighted by molar-refractivity contribution is 8.18. The van der Waals surface area contributed by atoms with Gasteiger partial charge in [0.25, 0.3) is 11.1 Å². The molecule has 48 heavy (non-hydrogen) atoms. The van der Waals surface area contributed by atoms with Crippen LogP contribution in [0.3, 0.4) is 0 Å².